The van der Waals surface area contributed by atoms with Gasteiger partial charge in [-0.3, -0.25) is 0 Å². The van der Waals surface area contributed by atoms with E-state index >= 15 is 0 Å². The number of fused-ring (bicyclic) bond motifs is 1. The number of hydrogen-bond donors (Lipinski definition) is 0. The van der Waals surface area contributed by atoms with Gasteiger partial charge >= 0.3 is 0 Å². The number of ether oxygens (including phenoxy) is 3. The van der Waals surface area contributed by atoms with Crippen molar-refractivity contribution in [1.29, 1.82) is 0 Å². The van der Waals surface area contributed by atoms with E-state index in [-0.39, 0.29) is 23.0 Å². The van der Waals surface area contributed by atoms with E-state index in [0.29, 0.717) is 34.5 Å². The summed E-state index contributed by atoms with van der Waals surface area (Å²) in [5.74, 6) is 1.55. The first-order valence-electron chi connectivity index (χ1n) is 13.4. The molecule has 210 valence electrons. The molecule has 0 bridgehead atoms. The molecule has 0 radical (unpaired) electrons. The van der Waals surface area contributed by atoms with E-state index in [4.69, 9.17) is 18.7 Å². The van der Waals surface area contributed by atoms with Crippen LogP contribution >= 0.6 is 0 Å². The number of aromatic nitrogens is 1. The lowest BCUT2D eigenvalue weighted by Gasteiger charge is -2.24. The largest absolute Gasteiger partial charge is 0.497 e. The second kappa shape index (κ2) is 11.6. The highest BCUT2D eigenvalue weighted by Gasteiger charge is 2.33. The molecule has 0 aliphatic heterocycles. The first-order valence-corrected chi connectivity index (χ1v) is 14.8. The summed E-state index contributed by atoms with van der Waals surface area (Å²) < 4.78 is 52.7. The van der Waals surface area contributed by atoms with Gasteiger partial charge in [0.25, 0.3) is 10.0 Å². The average molecular weight is 563 g/mol. The predicted molar refractivity (Wildman–Crippen MR) is 156 cm³/mol. The van der Waals surface area contributed by atoms with Gasteiger partial charge in [-0.05, 0) is 73.6 Å². The number of aryl methyl sites for hydroxylation is 1. The molecule has 4 aromatic rings. The highest BCUT2D eigenvalue weighted by Crippen LogP contribution is 2.40. The van der Waals surface area contributed by atoms with Gasteiger partial charge in [0.15, 0.2) is 11.4 Å². The van der Waals surface area contributed by atoms with E-state index in [9.17, 15) is 8.42 Å². The summed E-state index contributed by atoms with van der Waals surface area (Å²) in [6.07, 6.45) is 7.13. The summed E-state index contributed by atoms with van der Waals surface area (Å²) >= 11 is 0. The quantitative estimate of drug-likeness (QED) is 0.211. The second-order valence-electron chi connectivity index (χ2n) is 9.69. The molecule has 0 saturated carbocycles. The van der Waals surface area contributed by atoms with Crippen LogP contribution in [0.3, 0.4) is 0 Å². The second-order valence-corrected chi connectivity index (χ2v) is 11.5. The minimum Gasteiger partial charge on any atom is -0.497 e. The van der Waals surface area contributed by atoms with Crippen LogP contribution < -0.4 is 18.5 Å². The normalized spacial score (nSPS) is 13.7. The number of methoxy groups -OCH3 is 3. The third-order valence-electron chi connectivity index (χ3n) is 7.37. The molecule has 0 atom stereocenters. The molecule has 5 rings (SSSR count). The van der Waals surface area contributed by atoms with Gasteiger partial charge in [0.2, 0.25) is 0 Å². The predicted octanol–water partition coefficient (Wildman–Crippen LogP) is 6.77. The molecule has 40 heavy (non-hydrogen) atoms. The molecule has 0 fully saturated rings. The Kier molecular flexibility index (Phi) is 8.02. The van der Waals surface area contributed by atoms with Crippen LogP contribution in [0.2, 0.25) is 0 Å². The molecule has 8 nitrogen and oxygen atoms in total. The maximum Gasteiger partial charge on any atom is 0.269 e. The van der Waals surface area contributed by atoms with E-state index in [1.165, 1.54) is 17.0 Å². The summed E-state index contributed by atoms with van der Waals surface area (Å²) in [7, 11) is 0.392. The van der Waals surface area contributed by atoms with Crippen LogP contribution in [0.25, 0.3) is 16.5 Å². The van der Waals surface area contributed by atoms with Crippen molar-refractivity contribution in [2.75, 3.05) is 25.6 Å². The standard InChI is InChI=1S/C31H34N2O6S/c1-5-21-14-17-27(37-3)29(18-21)40(34,35)33(20-23-15-16-24(36-2)19-28(23)38-4)31-26-13-9-12-25(30(26)39-32-31)22-10-7-6-8-11-22/h9-10,12-19H,5-8,11,20H2,1-4H3. The number of benzene rings is 3. The summed E-state index contributed by atoms with van der Waals surface area (Å²) in [6.45, 7) is 1.92. The molecule has 0 spiro atoms. The van der Waals surface area contributed by atoms with Crippen molar-refractivity contribution in [1.82, 2.24) is 5.16 Å². The van der Waals surface area contributed by atoms with Crippen LogP contribution in [-0.2, 0) is 23.0 Å². The van der Waals surface area contributed by atoms with E-state index < -0.39 is 10.0 Å². The Bertz CT molecular complexity index is 1660. The molecule has 1 aliphatic rings. The maximum atomic E-state index is 14.5. The fourth-order valence-corrected chi connectivity index (χ4v) is 6.75. The SMILES string of the molecule is CCc1ccc(OC)c(S(=O)(=O)N(Cc2ccc(OC)cc2OC)c2noc3c(C4=CCCCC4)cccc23)c1. The molecule has 1 heterocycles. The zero-order valence-electron chi connectivity index (χ0n) is 23.3. The molecule has 0 saturated heterocycles. The lowest BCUT2D eigenvalue weighted by Crippen LogP contribution is -2.31. The van der Waals surface area contributed by atoms with Crippen LogP contribution in [0.5, 0.6) is 17.2 Å². The smallest absolute Gasteiger partial charge is 0.269 e. The Morgan fingerprint density at radius 1 is 0.950 bits per heavy atom. The minimum absolute atomic E-state index is 0.0520. The number of allylic oxidation sites excluding steroid dienone is 2. The zero-order chi connectivity index (χ0) is 28.3. The lowest BCUT2D eigenvalue weighted by molar-refractivity contribution is 0.391. The molecule has 0 unspecified atom stereocenters. The Morgan fingerprint density at radius 3 is 2.48 bits per heavy atom. The van der Waals surface area contributed by atoms with Gasteiger partial charge in [-0.15, -0.1) is 0 Å². The van der Waals surface area contributed by atoms with Crippen LogP contribution in [0.4, 0.5) is 5.82 Å². The van der Waals surface area contributed by atoms with E-state index in [0.717, 1.165) is 36.8 Å². The summed E-state index contributed by atoms with van der Waals surface area (Å²) in [6, 6.07) is 16.3. The fourth-order valence-electron chi connectivity index (χ4n) is 5.14. The molecule has 9 heteroatoms. The number of hydrogen-bond acceptors (Lipinski definition) is 7. The summed E-state index contributed by atoms with van der Waals surface area (Å²) in [5.41, 5.74) is 4.23. The van der Waals surface area contributed by atoms with Crippen molar-refractivity contribution in [2.24, 2.45) is 0 Å². The molecule has 1 aromatic heterocycles. The monoisotopic (exact) mass is 562 g/mol. The number of sulfonamides is 1. The number of nitrogens with zero attached hydrogens (tertiary/aromatic N) is 2. The van der Waals surface area contributed by atoms with Gasteiger partial charge in [-0.1, -0.05) is 36.4 Å². The fraction of sp³-hybridized carbons (Fsp3) is 0.323. The van der Waals surface area contributed by atoms with Crippen LogP contribution in [0, 0.1) is 0 Å². The molecular formula is C31H34N2O6S. The Labute approximate surface area is 235 Å². The minimum atomic E-state index is -4.18. The van der Waals surface area contributed by atoms with Crippen LogP contribution in [-0.4, -0.2) is 34.9 Å². The van der Waals surface area contributed by atoms with E-state index in [1.807, 2.05) is 31.2 Å². The van der Waals surface area contributed by atoms with Crippen molar-refractivity contribution < 1.29 is 27.2 Å². The number of anilines is 1. The van der Waals surface area contributed by atoms with Crippen molar-refractivity contribution in [3.8, 4) is 17.2 Å². The Morgan fingerprint density at radius 2 is 1.77 bits per heavy atom. The van der Waals surface area contributed by atoms with E-state index in [1.54, 1.807) is 44.6 Å². The molecule has 0 N–H and O–H groups in total. The average Bonchev–Trinajstić information content (AvgIpc) is 3.43. The van der Waals surface area contributed by atoms with Gasteiger partial charge in [0.05, 0.1) is 33.3 Å². The highest BCUT2D eigenvalue weighted by atomic mass is 32.2. The molecule has 3 aromatic carbocycles. The zero-order valence-corrected chi connectivity index (χ0v) is 24.1. The Hall–Kier alpha value is -3.98. The molecule has 0 amide bonds. The van der Waals surface area contributed by atoms with E-state index in [2.05, 4.69) is 11.2 Å². The van der Waals surface area contributed by atoms with Gasteiger partial charge in [-0.25, -0.2) is 12.7 Å². The summed E-state index contributed by atoms with van der Waals surface area (Å²) in [4.78, 5) is 0.0594. The first kappa shape index (κ1) is 27.6. The van der Waals surface area contributed by atoms with Crippen LogP contribution in [0.15, 0.2) is 70.1 Å². The van der Waals surface area contributed by atoms with Gasteiger partial charge < -0.3 is 18.7 Å². The lowest BCUT2D eigenvalue weighted by atomic mass is 9.93. The van der Waals surface area contributed by atoms with Crippen molar-refractivity contribution in [3.05, 3.63) is 77.4 Å². The molecular weight excluding hydrogens is 528 g/mol. The number of para-hydroxylation sites is 1. The van der Waals surface area contributed by atoms with Gasteiger partial charge in [0.1, 0.15) is 22.1 Å². The molecule has 1 aliphatic carbocycles. The highest BCUT2D eigenvalue weighted by molar-refractivity contribution is 7.93. The van der Waals surface area contributed by atoms with Crippen molar-refractivity contribution in [2.45, 2.75) is 50.5 Å². The summed E-state index contributed by atoms with van der Waals surface area (Å²) in [5, 5.41) is 4.98. The van der Waals surface area contributed by atoms with Crippen molar-refractivity contribution in [3.63, 3.8) is 0 Å². The van der Waals surface area contributed by atoms with Crippen molar-refractivity contribution >= 4 is 32.4 Å². The van der Waals surface area contributed by atoms with Gasteiger partial charge in [-0.2, -0.15) is 0 Å². The Balaban J connectivity index is 1.71. The maximum absolute atomic E-state index is 14.5. The third kappa shape index (κ3) is 5.13. The number of rotatable bonds is 10. The van der Waals surface area contributed by atoms with Gasteiger partial charge in [0, 0.05) is 17.2 Å². The third-order valence-corrected chi connectivity index (χ3v) is 9.12. The van der Waals surface area contributed by atoms with Crippen LogP contribution in [0.1, 0.15) is 49.3 Å². The first-order chi connectivity index (χ1) is 19.4. The topological polar surface area (TPSA) is 91.1 Å².